The van der Waals surface area contributed by atoms with Gasteiger partial charge in [0, 0.05) is 29.7 Å². The predicted octanol–water partition coefficient (Wildman–Crippen LogP) is 3.05. The zero-order chi connectivity index (χ0) is 16.8. The van der Waals surface area contributed by atoms with Crippen LogP contribution in [-0.2, 0) is 9.59 Å². The van der Waals surface area contributed by atoms with Crippen LogP contribution >= 0.6 is 0 Å². The fraction of sp³-hybridized carbons (Fsp3) is 0.389. The zero-order valence-corrected chi connectivity index (χ0v) is 13.3. The van der Waals surface area contributed by atoms with Gasteiger partial charge in [0.2, 0.25) is 11.8 Å². The molecule has 0 spiro atoms. The first-order valence-electron chi connectivity index (χ1n) is 8.20. The minimum Gasteiger partial charge on any atom is -0.310 e. The minimum absolute atomic E-state index is 0.143. The number of alkyl halides is 1. The van der Waals surface area contributed by atoms with Crippen molar-refractivity contribution in [1.29, 1.82) is 0 Å². The summed E-state index contributed by atoms with van der Waals surface area (Å²) >= 11 is 0. The maximum absolute atomic E-state index is 12.9. The Morgan fingerprint density at radius 3 is 2.79 bits per heavy atom. The molecule has 2 heterocycles. The summed E-state index contributed by atoms with van der Waals surface area (Å²) in [6.07, 6.45) is 2.40. The van der Waals surface area contributed by atoms with Gasteiger partial charge < -0.3 is 10.2 Å². The minimum atomic E-state index is -1.02. The van der Waals surface area contributed by atoms with Crippen molar-refractivity contribution in [3.8, 4) is 0 Å². The lowest BCUT2D eigenvalue weighted by molar-refractivity contribution is -0.118. The fourth-order valence-electron chi connectivity index (χ4n) is 3.23. The summed E-state index contributed by atoms with van der Waals surface area (Å²) in [6.45, 7) is 2.04. The topological polar surface area (TPSA) is 62.3 Å². The number of aromatic nitrogens is 1. The van der Waals surface area contributed by atoms with Gasteiger partial charge in [-0.25, -0.2) is 9.37 Å². The Morgan fingerprint density at radius 1 is 1.33 bits per heavy atom. The lowest BCUT2D eigenvalue weighted by Crippen LogP contribution is -2.30. The second-order valence-electron chi connectivity index (χ2n) is 6.60. The van der Waals surface area contributed by atoms with Crippen LogP contribution in [0.2, 0.25) is 0 Å². The summed E-state index contributed by atoms with van der Waals surface area (Å²) in [5.41, 5.74) is 0.870. The van der Waals surface area contributed by atoms with Crippen LogP contribution in [0.25, 0.3) is 10.8 Å². The first-order valence-corrected chi connectivity index (χ1v) is 8.20. The Morgan fingerprint density at radius 2 is 2.12 bits per heavy atom. The maximum atomic E-state index is 12.9. The molecule has 1 aromatic carbocycles. The third-order valence-electron chi connectivity index (χ3n) is 4.77. The Balaban J connectivity index is 1.59. The SMILES string of the molecule is C[C@H]1CCC(=O)N1c1ccc2cc(NC(=O)[C@@H]3C[C@@H]3F)ncc2c1. The maximum Gasteiger partial charge on any atom is 0.231 e. The highest BCUT2D eigenvalue weighted by Gasteiger charge is 2.43. The smallest absolute Gasteiger partial charge is 0.231 e. The van der Waals surface area contributed by atoms with E-state index in [4.69, 9.17) is 0 Å². The van der Waals surface area contributed by atoms with Crippen LogP contribution < -0.4 is 10.2 Å². The molecule has 1 saturated carbocycles. The van der Waals surface area contributed by atoms with Crippen molar-refractivity contribution in [2.24, 2.45) is 5.92 Å². The quantitative estimate of drug-likeness (QED) is 0.942. The first-order chi connectivity index (χ1) is 11.5. The number of carbonyl (C=O) groups excluding carboxylic acids is 2. The molecule has 1 aromatic heterocycles. The molecule has 2 amide bonds. The molecule has 2 aromatic rings. The largest absolute Gasteiger partial charge is 0.310 e. The number of hydrogen-bond acceptors (Lipinski definition) is 3. The molecule has 0 unspecified atom stereocenters. The molecule has 5 nitrogen and oxygen atoms in total. The van der Waals surface area contributed by atoms with Gasteiger partial charge in [-0.3, -0.25) is 9.59 Å². The van der Waals surface area contributed by atoms with Crippen molar-refractivity contribution < 1.29 is 14.0 Å². The molecule has 2 fully saturated rings. The van der Waals surface area contributed by atoms with Crippen LogP contribution in [0.3, 0.4) is 0 Å². The molecular formula is C18H18FN3O2. The molecule has 4 rings (SSSR count). The fourth-order valence-corrected chi connectivity index (χ4v) is 3.23. The van der Waals surface area contributed by atoms with Gasteiger partial charge >= 0.3 is 0 Å². The number of halogens is 1. The molecule has 1 saturated heterocycles. The Labute approximate surface area is 138 Å². The van der Waals surface area contributed by atoms with E-state index in [1.807, 2.05) is 30.0 Å². The van der Waals surface area contributed by atoms with Crippen molar-refractivity contribution in [3.63, 3.8) is 0 Å². The van der Waals surface area contributed by atoms with E-state index in [1.54, 1.807) is 12.3 Å². The van der Waals surface area contributed by atoms with Gasteiger partial charge in [0.25, 0.3) is 0 Å². The van der Waals surface area contributed by atoms with E-state index in [1.165, 1.54) is 0 Å². The van der Waals surface area contributed by atoms with Crippen LogP contribution in [-0.4, -0.2) is 29.0 Å². The van der Waals surface area contributed by atoms with Gasteiger partial charge in [-0.15, -0.1) is 0 Å². The highest BCUT2D eigenvalue weighted by Crippen LogP contribution is 2.35. The van der Waals surface area contributed by atoms with Gasteiger partial charge in [-0.2, -0.15) is 0 Å². The van der Waals surface area contributed by atoms with Crippen LogP contribution in [0.5, 0.6) is 0 Å². The van der Waals surface area contributed by atoms with Crippen LogP contribution in [0.4, 0.5) is 15.9 Å². The molecule has 1 aliphatic carbocycles. The molecule has 124 valence electrons. The van der Waals surface area contributed by atoms with Gasteiger partial charge in [0.1, 0.15) is 12.0 Å². The van der Waals surface area contributed by atoms with Crippen LogP contribution in [0.1, 0.15) is 26.2 Å². The second-order valence-corrected chi connectivity index (χ2v) is 6.60. The summed E-state index contributed by atoms with van der Waals surface area (Å²) in [4.78, 5) is 29.9. The van der Waals surface area contributed by atoms with E-state index in [0.29, 0.717) is 18.7 Å². The van der Waals surface area contributed by atoms with Crippen molar-refractivity contribution in [2.75, 3.05) is 10.2 Å². The average Bonchev–Trinajstić information content (AvgIpc) is 3.21. The number of fused-ring (bicyclic) bond motifs is 1. The second kappa shape index (κ2) is 5.54. The lowest BCUT2D eigenvalue weighted by Gasteiger charge is -2.22. The van der Waals surface area contributed by atoms with E-state index < -0.39 is 12.1 Å². The third-order valence-corrected chi connectivity index (χ3v) is 4.77. The Kier molecular flexibility index (Phi) is 3.48. The summed E-state index contributed by atoms with van der Waals surface area (Å²) in [5.74, 6) is -0.288. The van der Waals surface area contributed by atoms with Crippen molar-refractivity contribution in [3.05, 3.63) is 30.5 Å². The monoisotopic (exact) mass is 327 g/mol. The number of anilines is 2. The predicted molar refractivity (Wildman–Crippen MR) is 89.6 cm³/mol. The highest BCUT2D eigenvalue weighted by atomic mass is 19.1. The molecule has 0 radical (unpaired) electrons. The summed E-state index contributed by atoms with van der Waals surface area (Å²) in [7, 11) is 0. The molecule has 24 heavy (non-hydrogen) atoms. The molecule has 1 aliphatic heterocycles. The number of benzene rings is 1. The van der Waals surface area contributed by atoms with E-state index in [-0.39, 0.29) is 17.9 Å². The van der Waals surface area contributed by atoms with E-state index in [0.717, 1.165) is 22.9 Å². The molecular weight excluding hydrogens is 309 g/mol. The van der Waals surface area contributed by atoms with Crippen LogP contribution in [0, 0.1) is 5.92 Å². The normalized spacial score (nSPS) is 26.0. The van der Waals surface area contributed by atoms with Crippen molar-refractivity contribution in [1.82, 2.24) is 4.98 Å². The van der Waals surface area contributed by atoms with E-state index in [9.17, 15) is 14.0 Å². The zero-order valence-electron chi connectivity index (χ0n) is 13.3. The highest BCUT2D eigenvalue weighted by molar-refractivity contribution is 5.99. The number of hydrogen-bond donors (Lipinski definition) is 1. The number of nitrogens with zero attached hydrogens (tertiary/aromatic N) is 2. The number of nitrogens with one attached hydrogen (secondary N) is 1. The molecule has 0 bridgehead atoms. The van der Waals surface area contributed by atoms with Crippen molar-refractivity contribution >= 4 is 34.1 Å². The average molecular weight is 327 g/mol. The number of amides is 2. The van der Waals surface area contributed by atoms with E-state index >= 15 is 0 Å². The lowest BCUT2D eigenvalue weighted by atomic mass is 10.1. The summed E-state index contributed by atoms with van der Waals surface area (Å²) < 4.78 is 12.9. The van der Waals surface area contributed by atoms with Gasteiger partial charge in [-0.05, 0) is 43.4 Å². The summed E-state index contributed by atoms with van der Waals surface area (Å²) in [5, 5.41) is 4.46. The summed E-state index contributed by atoms with van der Waals surface area (Å²) in [6, 6.07) is 7.73. The molecule has 3 atom stereocenters. The number of rotatable bonds is 3. The number of pyridine rings is 1. The molecule has 2 aliphatic rings. The third kappa shape index (κ3) is 2.62. The molecule has 1 N–H and O–H groups in total. The van der Waals surface area contributed by atoms with Crippen molar-refractivity contribution in [2.45, 2.75) is 38.4 Å². The van der Waals surface area contributed by atoms with Gasteiger partial charge in [-0.1, -0.05) is 6.07 Å². The van der Waals surface area contributed by atoms with Gasteiger partial charge in [0.05, 0.1) is 5.92 Å². The number of carbonyl (C=O) groups is 2. The van der Waals surface area contributed by atoms with Gasteiger partial charge in [0.15, 0.2) is 0 Å². The molecule has 6 heteroatoms. The Bertz CT molecular complexity index is 838. The first kappa shape index (κ1) is 15.1. The Hall–Kier alpha value is -2.50. The standard InChI is InChI=1S/C18H18FN3O2/c1-10-2-5-17(23)22(10)13-4-3-11-7-16(20-9-12(11)6-13)21-18(24)14-8-15(14)19/h3-4,6-7,9-10,14-15H,2,5,8H2,1H3,(H,20,21,24)/t10-,14+,15-/m0/s1. The van der Waals surface area contributed by atoms with Crippen LogP contribution in [0.15, 0.2) is 30.5 Å². The van der Waals surface area contributed by atoms with E-state index in [2.05, 4.69) is 10.3 Å².